The summed E-state index contributed by atoms with van der Waals surface area (Å²) in [5, 5.41) is 2.98. The van der Waals surface area contributed by atoms with E-state index in [1.54, 1.807) is 25.3 Å². The summed E-state index contributed by atoms with van der Waals surface area (Å²) in [5.41, 5.74) is 7.78. The van der Waals surface area contributed by atoms with Crippen LogP contribution in [0.1, 0.15) is 54.6 Å². The molecule has 5 nitrogen and oxygen atoms in total. The summed E-state index contributed by atoms with van der Waals surface area (Å²) in [5.74, 6) is 1.25. The molecule has 1 unspecified atom stereocenters. The van der Waals surface area contributed by atoms with Crippen LogP contribution in [0.2, 0.25) is 0 Å². The first-order valence-electron chi connectivity index (χ1n) is 9.08. The lowest BCUT2D eigenvalue weighted by Gasteiger charge is -2.19. The zero-order valence-electron chi connectivity index (χ0n) is 15.3. The molecular formula is C21H26N2O3. The Bertz CT molecular complexity index is 770. The highest BCUT2D eigenvalue weighted by molar-refractivity contribution is 5.99. The summed E-state index contributed by atoms with van der Waals surface area (Å²) in [6.45, 7) is 1.93. The van der Waals surface area contributed by atoms with Crippen molar-refractivity contribution in [1.29, 1.82) is 0 Å². The van der Waals surface area contributed by atoms with Gasteiger partial charge in [0, 0.05) is 5.69 Å². The maximum Gasteiger partial charge on any atom is 0.253 e. The van der Waals surface area contributed by atoms with E-state index in [1.807, 2.05) is 31.2 Å². The van der Waals surface area contributed by atoms with Gasteiger partial charge in [-0.15, -0.1) is 0 Å². The third kappa shape index (κ3) is 4.10. The predicted octanol–water partition coefficient (Wildman–Crippen LogP) is 4.09. The molecule has 1 aliphatic carbocycles. The monoisotopic (exact) mass is 354 g/mol. The predicted molar refractivity (Wildman–Crippen MR) is 103 cm³/mol. The largest absolute Gasteiger partial charge is 0.493 e. The van der Waals surface area contributed by atoms with Crippen molar-refractivity contribution in [2.24, 2.45) is 0 Å². The number of nitrogens with one attached hydrogen (secondary N) is 1. The van der Waals surface area contributed by atoms with Gasteiger partial charge in [0.2, 0.25) is 0 Å². The van der Waals surface area contributed by atoms with Gasteiger partial charge in [0.25, 0.3) is 5.91 Å². The van der Waals surface area contributed by atoms with Crippen LogP contribution < -0.4 is 20.5 Å². The van der Waals surface area contributed by atoms with Crippen molar-refractivity contribution >= 4 is 11.6 Å². The Balaban J connectivity index is 1.71. The van der Waals surface area contributed by atoms with E-state index in [0.717, 1.165) is 24.2 Å². The molecule has 0 saturated heterocycles. The van der Waals surface area contributed by atoms with Crippen LogP contribution >= 0.6 is 0 Å². The summed E-state index contributed by atoms with van der Waals surface area (Å²) in [4.78, 5) is 12.5. The van der Waals surface area contributed by atoms with E-state index in [0.29, 0.717) is 17.0 Å². The van der Waals surface area contributed by atoms with Crippen LogP contribution in [0.15, 0.2) is 42.5 Å². The quantitative estimate of drug-likeness (QED) is 0.766. The Hall–Kier alpha value is -2.69. The van der Waals surface area contributed by atoms with Gasteiger partial charge < -0.3 is 20.5 Å². The van der Waals surface area contributed by atoms with Crippen LogP contribution in [0.25, 0.3) is 0 Å². The molecule has 3 rings (SSSR count). The highest BCUT2D eigenvalue weighted by Gasteiger charge is 2.20. The van der Waals surface area contributed by atoms with Crippen LogP contribution in [-0.2, 0) is 0 Å². The molecule has 1 saturated carbocycles. The van der Waals surface area contributed by atoms with Gasteiger partial charge in [-0.1, -0.05) is 18.2 Å². The summed E-state index contributed by atoms with van der Waals surface area (Å²) in [6.07, 6.45) is 4.90. The smallest absolute Gasteiger partial charge is 0.253 e. The van der Waals surface area contributed by atoms with Gasteiger partial charge in [0.05, 0.1) is 24.8 Å². The molecule has 26 heavy (non-hydrogen) atoms. The molecule has 1 fully saturated rings. The average molecular weight is 354 g/mol. The van der Waals surface area contributed by atoms with Crippen LogP contribution in [0.5, 0.6) is 11.5 Å². The van der Waals surface area contributed by atoms with Gasteiger partial charge in [0.1, 0.15) is 0 Å². The molecule has 0 bridgehead atoms. The molecule has 1 amide bonds. The number of hydrogen-bond acceptors (Lipinski definition) is 4. The van der Waals surface area contributed by atoms with E-state index >= 15 is 0 Å². The van der Waals surface area contributed by atoms with Crippen molar-refractivity contribution < 1.29 is 14.3 Å². The van der Waals surface area contributed by atoms with Crippen molar-refractivity contribution in [3.63, 3.8) is 0 Å². The second-order valence-corrected chi connectivity index (χ2v) is 6.72. The normalized spacial score (nSPS) is 15.5. The summed E-state index contributed by atoms with van der Waals surface area (Å²) >= 11 is 0. The van der Waals surface area contributed by atoms with E-state index in [4.69, 9.17) is 15.2 Å². The Morgan fingerprint density at radius 2 is 1.88 bits per heavy atom. The second kappa shape index (κ2) is 8.13. The highest BCUT2D eigenvalue weighted by atomic mass is 16.5. The van der Waals surface area contributed by atoms with Gasteiger partial charge >= 0.3 is 0 Å². The molecule has 0 heterocycles. The molecule has 0 spiro atoms. The van der Waals surface area contributed by atoms with Crippen LogP contribution in [0.4, 0.5) is 5.69 Å². The number of benzene rings is 2. The third-order valence-corrected chi connectivity index (χ3v) is 4.84. The van der Waals surface area contributed by atoms with Gasteiger partial charge in [-0.05, 0) is 62.4 Å². The standard InChI is InChI=1S/C21H26N2O3/c1-14(23-21(24)17-9-5-6-10-18(17)22)15-11-12-19(20(13-15)25-2)26-16-7-3-4-8-16/h5-6,9-14,16H,3-4,7-8,22H2,1-2H3,(H,23,24). The molecule has 138 valence electrons. The Morgan fingerprint density at radius 3 is 2.58 bits per heavy atom. The van der Waals surface area contributed by atoms with E-state index in [1.165, 1.54) is 12.8 Å². The van der Waals surface area contributed by atoms with E-state index < -0.39 is 0 Å². The average Bonchev–Trinajstić information content (AvgIpc) is 3.15. The number of rotatable bonds is 6. The van der Waals surface area contributed by atoms with E-state index in [2.05, 4.69) is 5.32 Å². The maximum atomic E-state index is 12.5. The lowest BCUT2D eigenvalue weighted by molar-refractivity contribution is 0.0940. The summed E-state index contributed by atoms with van der Waals surface area (Å²) in [7, 11) is 1.63. The number of para-hydroxylation sites is 1. The molecule has 0 radical (unpaired) electrons. The van der Waals surface area contributed by atoms with Crippen molar-refractivity contribution in [2.75, 3.05) is 12.8 Å². The number of nitrogen functional groups attached to an aromatic ring is 1. The first kappa shape index (κ1) is 18.1. The molecule has 3 N–H and O–H groups in total. The van der Waals surface area contributed by atoms with Gasteiger partial charge in [-0.3, -0.25) is 4.79 Å². The summed E-state index contributed by atoms with van der Waals surface area (Å²) < 4.78 is 11.6. The fourth-order valence-corrected chi connectivity index (χ4v) is 3.30. The number of nitrogens with two attached hydrogens (primary N) is 1. The fraction of sp³-hybridized carbons (Fsp3) is 0.381. The zero-order chi connectivity index (χ0) is 18.5. The van der Waals surface area contributed by atoms with Gasteiger partial charge in [-0.25, -0.2) is 0 Å². The molecular weight excluding hydrogens is 328 g/mol. The number of amides is 1. The van der Waals surface area contributed by atoms with Crippen LogP contribution in [-0.4, -0.2) is 19.1 Å². The third-order valence-electron chi connectivity index (χ3n) is 4.84. The lowest BCUT2D eigenvalue weighted by Crippen LogP contribution is -2.27. The topological polar surface area (TPSA) is 73.6 Å². The SMILES string of the molecule is COc1cc(C(C)NC(=O)c2ccccc2N)ccc1OC1CCCC1. The number of methoxy groups -OCH3 is 1. The molecule has 2 aromatic carbocycles. The Morgan fingerprint density at radius 1 is 1.15 bits per heavy atom. The summed E-state index contributed by atoms with van der Waals surface area (Å²) in [6, 6.07) is 12.7. The molecule has 1 aliphatic rings. The number of carbonyl (C=O) groups is 1. The van der Waals surface area contributed by atoms with Crippen molar-refractivity contribution in [3.8, 4) is 11.5 Å². The molecule has 1 atom stereocenters. The Kier molecular flexibility index (Phi) is 5.66. The fourth-order valence-electron chi connectivity index (χ4n) is 3.30. The second-order valence-electron chi connectivity index (χ2n) is 6.72. The first-order chi connectivity index (χ1) is 12.6. The van der Waals surface area contributed by atoms with Crippen LogP contribution in [0.3, 0.4) is 0 Å². The van der Waals surface area contributed by atoms with Crippen molar-refractivity contribution in [3.05, 3.63) is 53.6 Å². The first-order valence-corrected chi connectivity index (χ1v) is 9.08. The molecule has 5 heteroatoms. The maximum absolute atomic E-state index is 12.5. The minimum atomic E-state index is -0.194. The molecule has 0 aliphatic heterocycles. The van der Waals surface area contributed by atoms with Gasteiger partial charge in [-0.2, -0.15) is 0 Å². The van der Waals surface area contributed by atoms with E-state index in [-0.39, 0.29) is 18.1 Å². The lowest BCUT2D eigenvalue weighted by atomic mass is 10.1. The van der Waals surface area contributed by atoms with Crippen LogP contribution in [0, 0.1) is 0 Å². The zero-order valence-corrected chi connectivity index (χ0v) is 15.3. The van der Waals surface area contributed by atoms with Gasteiger partial charge in [0.15, 0.2) is 11.5 Å². The highest BCUT2D eigenvalue weighted by Crippen LogP contribution is 2.33. The molecule has 0 aromatic heterocycles. The molecule has 2 aromatic rings. The minimum absolute atomic E-state index is 0.184. The number of anilines is 1. The van der Waals surface area contributed by atoms with Crippen molar-refractivity contribution in [1.82, 2.24) is 5.32 Å². The van der Waals surface area contributed by atoms with Crippen molar-refractivity contribution in [2.45, 2.75) is 44.8 Å². The number of carbonyl (C=O) groups excluding carboxylic acids is 1. The number of ether oxygens (including phenoxy) is 2. The van der Waals surface area contributed by atoms with E-state index in [9.17, 15) is 4.79 Å². The Labute approximate surface area is 154 Å². The number of hydrogen-bond donors (Lipinski definition) is 2. The minimum Gasteiger partial charge on any atom is -0.493 e.